The van der Waals surface area contributed by atoms with Gasteiger partial charge in [0.05, 0.1) is 11.6 Å². The van der Waals surface area contributed by atoms with Crippen molar-refractivity contribution in [3.63, 3.8) is 0 Å². The third-order valence-corrected chi connectivity index (χ3v) is 5.21. The van der Waals surface area contributed by atoms with E-state index in [9.17, 15) is 9.59 Å². The largest absolute Gasteiger partial charge is 0.334 e. The van der Waals surface area contributed by atoms with Gasteiger partial charge in [0.15, 0.2) is 0 Å². The van der Waals surface area contributed by atoms with Gasteiger partial charge in [-0.15, -0.1) is 11.3 Å². The van der Waals surface area contributed by atoms with Crippen LogP contribution in [0.3, 0.4) is 0 Å². The molecule has 2 N–H and O–H groups in total. The number of rotatable bonds is 4. The topological polar surface area (TPSA) is 81.3 Å². The summed E-state index contributed by atoms with van der Waals surface area (Å²) in [4.78, 5) is 36.5. The van der Waals surface area contributed by atoms with E-state index in [0.29, 0.717) is 12.1 Å². The molecule has 8 heteroatoms. The summed E-state index contributed by atoms with van der Waals surface area (Å²) < 4.78 is 0. The molecule has 7 nitrogen and oxygen atoms in total. The van der Waals surface area contributed by atoms with Crippen LogP contribution >= 0.6 is 11.3 Å². The summed E-state index contributed by atoms with van der Waals surface area (Å²) in [7, 11) is 3.79. The van der Waals surface area contributed by atoms with E-state index >= 15 is 0 Å². The van der Waals surface area contributed by atoms with Crippen molar-refractivity contribution in [3.05, 3.63) is 49.3 Å². The summed E-state index contributed by atoms with van der Waals surface area (Å²) in [5.41, 5.74) is 2.61. The molecule has 2 amide bonds. The first-order valence-electron chi connectivity index (χ1n) is 8.25. The van der Waals surface area contributed by atoms with Crippen LogP contribution < -0.4 is 10.9 Å². The first-order valence-corrected chi connectivity index (χ1v) is 9.07. The maximum atomic E-state index is 12.3. The van der Waals surface area contributed by atoms with E-state index in [4.69, 9.17) is 0 Å². The minimum Gasteiger partial charge on any atom is -0.334 e. The van der Waals surface area contributed by atoms with Gasteiger partial charge in [-0.25, -0.2) is 9.78 Å². The van der Waals surface area contributed by atoms with Crippen LogP contribution in [-0.4, -0.2) is 46.4 Å². The Balaban J connectivity index is 1.62. The molecule has 1 aliphatic heterocycles. The predicted molar refractivity (Wildman–Crippen MR) is 97.7 cm³/mol. The molecule has 0 fully saturated rings. The second-order valence-electron chi connectivity index (χ2n) is 6.48. The number of hydrogen-bond donors (Lipinski definition) is 2. The highest BCUT2D eigenvalue weighted by molar-refractivity contribution is 7.11. The number of pyridine rings is 1. The van der Waals surface area contributed by atoms with Gasteiger partial charge in [-0.3, -0.25) is 4.79 Å². The molecule has 0 aliphatic carbocycles. The summed E-state index contributed by atoms with van der Waals surface area (Å²) in [5.74, 6) is 0. The number of fused-ring (bicyclic) bond motifs is 1. The van der Waals surface area contributed by atoms with Crippen molar-refractivity contribution in [1.82, 2.24) is 25.1 Å². The molecular weight excluding hydrogens is 338 g/mol. The molecule has 0 atom stereocenters. The summed E-state index contributed by atoms with van der Waals surface area (Å²) in [6.07, 6.45) is 2.64. The van der Waals surface area contributed by atoms with E-state index in [1.54, 1.807) is 29.5 Å². The van der Waals surface area contributed by atoms with E-state index in [2.05, 4.69) is 27.2 Å². The molecule has 3 rings (SSSR count). The van der Waals surface area contributed by atoms with Gasteiger partial charge in [-0.1, -0.05) is 0 Å². The van der Waals surface area contributed by atoms with Crippen molar-refractivity contribution >= 4 is 17.4 Å². The molecule has 0 saturated carbocycles. The Morgan fingerprint density at radius 2 is 2.32 bits per heavy atom. The molecule has 134 valence electrons. The van der Waals surface area contributed by atoms with Gasteiger partial charge in [0.2, 0.25) is 0 Å². The molecular formula is C17H23N5O2S. The van der Waals surface area contributed by atoms with Crippen molar-refractivity contribution in [1.29, 1.82) is 0 Å². The Kier molecular flexibility index (Phi) is 5.19. The number of hydrogen-bond acceptors (Lipinski definition) is 5. The SMILES string of the molecule is Cc1ncc(CN(C)C(=O)NCc2cc3c([nH]c2=O)CCN(C)C3)s1. The lowest BCUT2D eigenvalue weighted by Crippen LogP contribution is -2.38. The van der Waals surface area contributed by atoms with Crippen LogP contribution in [0.1, 0.15) is 26.7 Å². The van der Waals surface area contributed by atoms with Gasteiger partial charge in [-0.2, -0.15) is 0 Å². The molecule has 0 spiro atoms. The number of thiazole rings is 1. The standard InChI is InChI=1S/C17H23N5O2S/c1-11-18-8-14(25-11)10-22(3)17(24)19-7-12-6-13-9-21(2)5-4-15(13)20-16(12)23/h6,8H,4-5,7,9-10H2,1-3H3,(H,19,24)(H,20,23). The highest BCUT2D eigenvalue weighted by Crippen LogP contribution is 2.15. The van der Waals surface area contributed by atoms with Gasteiger partial charge >= 0.3 is 6.03 Å². The number of urea groups is 1. The highest BCUT2D eigenvalue weighted by Gasteiger charge is 2.17. The number of nitrogens with zero attached hydrogens (tertiary/aromatic N) is 3. The molecule has 3 heterocycles. The van der Waals surface area contributed by atoms with Crippen LogP contribution in [-0.2, 0) is 26.1 Å². The average Bonchev–Trinajstić information content (AvgIpc) is 2.97. The zero-order chi connectivity index (χ0) is 18.0. The smallest absolute Gasteiger partial charge is 0.317 e. The Labute approximate surface area is 150 Å². The van der Waals surface area contributed by atoms with Gasteiger partial charge < -0.3 is 20.1 Å². The zero-order valence-corrected chi connectivity index (χ0v) is 15.6. The van der Waals surface area contributed by atoms with Crippen molar-refractivity contribution in [2.75, 3.05) is 20.6 Å². The number of carbonyl (C=O) groups is 1. The summed E-state index contributed by atoms with van der Waals surface area (Å²) in [6, 6.07) is 1.71. The van der Waals surface area contributed by atoms with Crippen molar-refractivity contribution in [2.24, 2.45) is 0 Å². The number of amides is 2. The molecule has 2 aromatic rings. The second-order valence-corrected chi connectivity index (χ2v) is 7.79. The molecule has 0 aromatic carbocycles. The van der Waals surface area contributed by atoms with Gasteiger partial charge in [0, 0.05) is 55.4 Å². The number of H-pyrrole nitrogens is 1. The Hall–Kier alpha value is -2.19. The monoisotopic (exact) mass is 361 g/mol. The predicted octanol–water partition coefficient (Wildman–Crippen LogP) is 1.47. The lowest BCUT2D eigenvalue weighted by atomic mass is 10.0. The van der Waals surface area contributed by atoms with Crippen LogP contribution in [0.4, 0.5) is 4.79 Å². The van der Waals surface area contributed by atoms with E-state index in [0.717, 1.165) is 40.7 Å². The fourth-order valence-electron chi connectivity index (χ4n) is 2.92. The lowest BCUT2D eigenvalue weighted by Gasteiger charge is -2.25. The molecule has 2 aromatic heterocycles. The Bertz CT molecular complexity index is 829. The fraction of sp³-hybridized carbons (Fsp3) is 0.471. The van der Waals surface area contributed by atoms with Crippen LogP contribution in [0.5, 0.6) is 0 Å². The Morgan fingerprint density at radius 3 is 3.04 bits per heavy atom. The van der Waals surface area contributed by atoms with E-state index < -0.39 is 0 Å². The summed E-state index contributed by atoms with van der Waals surface area (Å²) in [6.45, 7) is 4.42. The summed E-state index contributed by atoms with van der Waals surface area (Å²) in [5, 5.41) is 3.80. The first-order chi connectivity index (χ1) is 11.9. The average molecular weight is 361 g/mol. The van der Waals surface area contributed by atoms with Crippen LogP contribution in [0.2, 0.25) is 0 Å². The Morgan fingerprint density at radius 1 is 1.52 bits per heavy atom. The number of nitrogens with one attached hydrogen (secondary N) is 2. The van der Waals surface area contributed by atoms with Crippen molar-refractivity contribution in [2.45, 2.75) is 33.0 Å². The second kappa shape index (κ2) is 7.37. The number of carbonyl (C=O) groups excluding carboxylic acids is 1. The third-order valence-electron chi connectivity index (χ3n) is 4.31. The molecule has 0 saturated heterocycles. The molecule has 25 heavy (non-hydrogen) atoms. The van der Waals surface area contributed by atoms with E-state index in [1.165, 1.54) is 0 Å². The maximum absolute atomic E-state index is 12.3. The number of aromatic amines is 1. The third kappa shape index (κ3) is 4.26. The van der Waals surface area contributed by atoms with Crippen LogP contribution in [0, 0.1) is 6.92 Å². The zero-order valence-electron chi connectivity index (χ0n) is 14.8. The van der Waals surface area contributed by atoms with E-state index in [1.807, 2.05) is 13.0 Å². The molecule has 1 aliphatic rings. The van der Waals surface area contributed by atoms with Crippen molar-refractivity contribution < 1.29 is 4.79 Å². The maximum Gasteiger partial charge on any atom is 0.317 e. The number of aromatic nitrogens is 2. The molecule has 0 radical (unpaired) electrons. The van der Waals surface area contributed by atoms with Gasteiger partial charge in [0.1, 0.15) is 0 Å². The minimum atomic E-state index is -0.208. The first kappa shape index (κ1) is 17.6. The van der Waals surface area contributed by atoms with Crippen molar-refractivity contribution in [3.8, 4) is 0 Å². The lowest BCUT2D eigenvalue weighted by molar-refractivity contribution is 0.207. The molecule has 0 unspecified atom stereocenters. The highest BCUT2D eigenvalue weighted by atomic mass is 32.1. The normalized spacial score (nSPS) is 14.2. The minimum absolute atomic E-state index is 0.121. The van der Waals surface area contributed by atoms with E-state index in [-0.39, 0.29) is 18.1 Å². The summed E-state index contributed by atoms with van der Waals surface area (Å²) >= 11 is 1.57. The number of aryl methyl sites for hydroxylation is 1. The number of likely N-dealkylation sites (N-methyl/N-ethyl adjacent to an activating group) is 1. The van der Waals surface area contributed by atoms with Crippen LogP contribution in [0.15, 0.2) is 17.1 Å². The van der Waals surface area contributed by atoms with Gasteiger partial charge in [0.25, 0.3) is 5.56 Å². The van der Waals surface area contributed by atoms with Gasteiger partial charge in [-0.05, 0) is 25.6 Å². The molecule has 0 bridgehead atoms. The van der Waals surface area contributed by atoms with Crippen LogP contribution in [0.25, 0.3) is 0 Å². The quantitative estimate of drug-likeness (QED) is 0.864. The fourth-order valence-corrected chi connectivity index (χ4v) is 3.77.